The van der Waals surface area contributed by atoms with Gasteiger partial charge in [0.2, 0.25) is 10.0 Å². The standard InChI is InChI=1S/C13H28N2O2S/c14-11-7-3-4-8-12-18(16,17)15-13-9-5-1-2-6-10-13/h13,15H,1-12,14H2. The lowest BCUT2D eigenvalue weighted by Gasteiger charge is -2.16. The second-order valence-electron chi connectivity index (χ2n) is 5.33. The Kier molecular flexibility index (Phi) is 7.86. The van der Waals surface area contributed by atoms with E-state index in [4.69, 9.17) is 5.73 Å². The molecule has 1 aliphatic rings. The molecule has 0 unspecified atom stereocenters. The van der Waals surface area contributed by atoms with E-state index < -0.39 is 10.0 Å². The molecule has 0 aliphatic heterocycles. The molecule has 1 saturated carbocycles. The van der Waals surface area contributed by atoms with E-state index >= 15 is 0 Å². The lowest BCUT2D eigenvalue weighted by molar-refractivity contribution is 0.507. The summed E-state index contributed by atoms with van der Waals surface area (Å²) in [7, 11) is -3.07. The van der Waals surface area contributed by atoms with E-state index in [1.54, 1.807) is 0 Å². The van der Waals surface area contributed by atoms with E-state index in [9.17, 15) is 8.42 Å². The molecule has 0 saturated heterocycles. The van der Waals surface area contributed by atoms with E-state index in [0.717, 1.165) is 51.4 Å². The van der Waals surface area contributed by atoms with Crippen LogP contribution in [0.4, 0.5) is 0 Å². The molecule has 0 aromatic carbocycles. The minimum absolute atomic E-state index is 0.182. The van der Waals surface area contributed by atoms with Gasteiger partial charge in [-0.05, 0) is 32.2 Å². The van der Waals surface area contributed by atoms with E-state index in [1.807, 2.05) is 0 Å². The number of rotatable bonds is 8. The van der Waals surface area contributed by atoms with E-state index in [-0.39, 0.29) is 11.8 Å². The van der Waals surface area contributed by atoms with Gasteiger partial charge in [-0.3, -0.25) is 0 Å². The van der Waals surface area contributed by atoms with Gasteiger partial charge >= 0.3 is 0 Å². The monoisotopic (exact) mass is 276 g/mol. The van der Waals surface area contributed by atoms with Crippen LogP contribution < -0.4 is 10.5 Å². The van der Waals surface area contributed by atoms with Gasteiger partial charge in [-0.15, -0.1) is 0 Å². The van der Waals surface area contributed by atoms with Gasteiger partial charge in [-0.25, -0.2) is 13.1 Å². The second kappa shape index (κ2) is 8.88. The van der Waals surface area contributed by atoms with Crippen molar-refractivity contribution < 1.29 is 8.42 Å². The SMILES string of the molecule is NCCCCCCS(=O)(=O)NC1CCCCCC1. The highest BCUT2D eigenvalue weighted by Gasteiger charge is 2.18. The zero-order valence-corrected chi connectivity index (χ0v) is 12.2. The van der Waals surface area contributed by atoms with Crippen LogP contribution in [-0.2, 0) is 10.0 Å². The van der Waals surface area contributed by atoms with E-state index in [2.05, 4.69) is 4.72 Å². The first-order valence-corrected chi connectivity index (χ1v) is 8.99. The Morgan fingerprint density at radius 2 is 1.56 bits per heavy atom. The van der Waals surface area contributed by atoms with Gasteiger partial charge < -0.3 is 5.73 Å². The van der Waals surface area contributed by atoms with Crippen LogP contribution in [0.2, 0.25) is 0 Å². The molecule has 1 fully saturated rings. The second-order valence-corrected chi connectivity index (χ2v) is 7.20. The average Bonchev–Trinajstić information content (AvgIpc) is 2.56. The van der Waals surface area contributed by atoms with Crippen LogP contribution in [-0.4, -0.2) is 26.8 Å². The van der Waals surface area contributed by atoms with Crippen LogP contribution in [0.1, 0.15) is 64.2 Å². The Balaban J connectivity index is 2.21. The molecular formula is C13H28N2O2S. The highest BCUT2D eigenvalue weighted by atomic mass is 32.2. The van der Waals surface area contributed by atoms with Crippen molar-refractivity contribution in [2.24, 2.45) is 5.73 Å². The molecule has 0 amide bonds. The van der Waals surface area contributed by atoms with Crippen molar-refractivity contribution >= 4 is 10.0 Å². The number of sulfonamides is 1. The van der Waals surface area contributed by atoms with Crippen molar-refractivity contribution in [1.29, 1.82) is 0 Å². The highest BCUT2D eigenvalue weighted by molar-refractivity contribution is 7.89. The first kappa shape index (κ1) is 15.9. The lowest BCUT2D eigenvalue weighted by Crippen LogP contribution is -2.36. The maximum atomic E-state index is 11.9. The number of hydrogen-bond acceptors (Lipinski definition) is 3. The number of nitrogens with two attached hydrogens (primary N) is 1. The van der Waals surface area contributed by atoms with Crippen molar-refractivity contribution in [3.63, 3.8) is 0 Å². The molecule has 0 spiro atoms. The maximum absolute atomic E-state index is 11.9. The normalized spacial score (nSPS) is 18.7. The molecule has 1 aliphatic carbocycles. The molecule has 5 heteroatoms. The minimum atomic E-state index is -3.07. The molecule has 108 valence electrons. The summed E-state index contributed by atoms with van der Waals surface area (Å²) in [5.74, 6) is 0.272. The summed E-state index contributed by atoms with van der Waals surface area (Å²) in [6.07, 6.45) is 10.6. The molecule has 1 rings (SSSR count). The zero-order valence-electron chi connectivity index (χ0n) is 11.4. The van der Waals surface area contributed by atoms with Crippen molar-refractivity contribution in [2.45, 2.75) is 70.3 Å². The summed E-state index contributed by atoms with van der Waals surface area (Å²) in [5.41, 5.74) is 5.40. The van der Waals surface area contributed by atoms with Crippen LogP contribution >= 0.6 is 0 Å². The molecule has 0 radical (unpaired) electrons. The number of hydrogen-bond donors (Lipinski definition) is 2. The third-order valence-electron chi connectivity index (χ3n) is 3.57. The van der Waals surface area contributed by atoms with Crippen LogP contribution in [0.5, 0.6) is 0 Å². The summed E-state index contributed by atoms with van der Waals surface area (Å²) in [6.45, 7) is 0.701. The van der Waals surface area contributed by atoms with Gasteiger partial charge in [-0.2, -0.15) is 0 Å². The zero-order chi connectivity index (χ0) is 13.3. The molecule has 0 aromatic rings. The van der Waals surface area contributed by atoms with Crippen molar-refractivity contribution in [3.05, 3.63) is 0 Å². The quantitative estimate of drug-likeness (QED) is 0.527. The smallest absolute Gasteiger partial charge is 0.211 e. The first-order valence-electron chi connectivity index (χ1n) is 7.34. The van der Waals surface area contributed by atoms with Gasteiger partial charge in [0.25, 0.3) is 0 Å². The third-order valence-corrected chi connectivity index (χ3v) is 5.09. The van der Waals surface area contributed by atoms with Gasteiger partial charge in [0, 0.05) is 6.04 Å². The Labute approximate surface area is 112 Å². The molecule has 3 N–H and O–H groups in total. The Bertz CT molecular complexity index is 296. The fourth-order valence-electron chi connectivity index (χ4n) is 2.50. The van der Waals surface area contributed by atoms with Crippen molar-refractivity contribution in [3.8, 4) is 0 Å². The molecule has 0 atom stereocenters. The number of unbranched alkanes of at least 4 members (excludes halogenated alkanes) is 3. The Morgan fingerprint density at radius 1 is 0.944 bits per heavy atom. The average molecular weight is 276 g/mol. The van der Waals surface area contributed by atoms with Gasteiger partial charge in [-0.1, -0.05) is 38.5 Å². The van der Waals surface area contributed by atoms with E-state index in [1.165, 1.54) is 12.8 Å². The summed E-state index contributed by atoms with van der Waals surface area (Å²) < 4.78 is 26.7. The molecule has 18 heavy (non-hydrogen) atoms. The van der Waals surface area contributed by atoms with Crippen LogP contribution in [0.3, 0.4) is 0 Å². The van der Waals surface area contributed by atoms with Crippen molar-refractivity contribution in [2.75, 3.05) is 12.3 Å². The van der Waals surface area contributed by atoms with Gasteiger partial charge in [0.15, 0.2) is 0 Å². The molecule has 4 nitrogen and oxygen atoms in total. The van der Waals surface area contributed by atoms with Gasteiger partial charge in [0.1, 0.15) is 0 Å². The fraction of sp³-hybridized carbons (Fsp3) is 1.00. The van der Waals surface area contributed by atoms with Crippen LogP contribution in [0.25, 0.3) is 0 Å². The number of nitrogens with one attached hydrogen (secondary N) is 1. The van der Waals surface area contributed by atoms with Crippen LogP contribution in [0.15, 0.2) is 0 Å². The molecule has 0 bridgehead atoms. The largest absolute Gasteiger partial charge is 0.330 e. The topological polar surface area (TPSA) is 72.2 Å². The third kappa shape index (κ3) is 7.34. The minimum Gasteiger partial charge on any atom is -0.330 e. The van der Waals surface area contributed by atoms with E-state index in [0.29, 0.717) is 6.54 Å². The molecule has 0 heterocycles. The Hall–Kier alpha value is -0.130. The first-order chi connectivity index (χ1) is 8.64. The summed E-state index contributed by atoms with van der Waals surface area (Å²) in [5, 5.41) is 0. The maximum Gasteiger partial charge on any atom is 0.211 e. The summed E-state index contributed by atoms with van der Waals surface area (Å²) in [4.78, 5) is 0. The summed E-state index contributed by atoms with van der Waals surface area (Å²) >= 11 is 0. The molecular weight excluding hydrogens is 248 g/mol. The predicted octanol–water partition coefficient (Wildman–Crippen LogP) is 2.15. The van der Waals surface area contributed by atoms with Crippen LogP contribution in [0, 0.1) is 0 Å². The highest BCUT2D eigenvalue weighted by Crippen LogP contribution is 2.18. The van der Waals surface area contributed by atoms with Crippen molar-refractivity contribution in [1.82, 2.24) is 4.72 Å². The Morgan fingerprint density at radius 3 is 2.17 bits per heavy atom. The van der Waals surface area contributed by atoms with Gasteiger partial charge in [0.05, 0.1) is 5.75 Å². The summed E-state index contributed by atoms with van der Waals surface area (Å²) in [6, 6.07) is 0.182. The fourth-order valence-corrected chi connectivity index (χ4v) is 3.95. The molecule has 0 aromatic heterocycles. The lowest BCUT2D eigenvalue weighted by atomic mass is 10.1. The predicted molar refractivity (Wildman–Crippen MR) is 75.9 cm³/mol.